The normalized spacial score (nSPS) is 16.0. The van der Waals surface area contributed by atoms with Crippen molar-refractivity contribution < 1.29 is 14.4 Å². The summed E-state index contributed by atoms with van der Waals surface area (Å²) in [5.74, 6) is -0.977. The number of Topliss-reactive ketones (excluding diaryl/α,β-unsaturated/α-hetero) is 1. The van der Waals surface area contributed by atoms with Gasteiger partial charge in [-0.25, -0.2) is 4.98 Å². The van der Waals surface area contributed by atoms with Crippen LogP contribution < -0.4 is 10.2 Å². The molecule has 1 atom stereocenters. The summed E-state index contributed by atoms with van der Waals surface area (Å²) in [4.78, 5) is 44.0. The summed E-state index contributed by atoms with van der Waals surface area (Å²) in [6.07, 6.45) is 0.129. The summed E-state index contributed by atoms with van der Waals surface area (Å²) >= 11 is 4.61. The number of amides is 2. The second-order valence-corrected chi connectivity index (χ2v) is 8.82. The lowest BCUT2D eigenvalue weighted by Gasteiger charge is -2.18. The molecule has 3 aromatic rings. The van der Waals surface area contributed by atoms with Crippen molar-refractivity contribution in [3.63, 3.8) is 0 Å². The minimum absolute atomic E-state index is 0.101. The largest absolute Gasteiger partial charge is 0.310 e. The van der Waals surface area contributed by atoms with Crippen LogP contribution in [0.25, 0.3) is 11.3 Å². The van der Waals surface area contributed by atoms with Gasteiger partial charge in [0.25, 0.3) is 0 Å². The number of anilines is 2. The Morgan fingerprint density at radius 3 is 2.53 bits per heavy atom. The zero-order valence-corrected chi connectivity index (χ0v) is 18.5. The third kappa shape index (κ3) is 4.06. The molecule has 1 aliphatic heterocycles. The van der Waals surface area contributed by atoms with Crippen LogP contribution in [0.2, 0.25) is 0 Å². The van der Waals surface area contributed by atoms with Crippen molar-refractivity contribution in [2.24, 2.45) is 5.92 Å². The Balaban J connectivity index is 1.53. The smallest absolute Gasteiger partial charge is 0.231 e. The van der Waals surface area contributed by atoms with Crippen molar-refractivity contribution in [3.8, 4) is 11.3 Å². The summed E-state index contributed by atoms with van der Waals surface area (Å²) in [6.45, 7) is 1.78. The first-order valence-corrected chi connectivity index (χ1v) is 11.0. The molecule has 152 valence electrons. The number of benzene rings is 2. The van der Waals surface area contributed by atoms with Gasteiger partial charge in [0, 0.05) is 29.9 Å². The molecule has 0 bridgehead atoms. The summed E-state index contributed by atoms with van der Waals surface area (Å²) in [7, 11) is 0. The van der Waals surface area contributed by atoms with E-state index in [9.17, 15) is 14.4 Å². The van der Waals surface area contributed by atoms with E-state index in [4.69, 9.17) is 0 Å². The molecule has 1 unspecified atom stereocenters. The Kier molecular flexibility index (Phi) is 5.78. The van der Waals surface area contributed by atoms with Crippen molar-refractivity contribution in [1.82, 2.24) is 4.98 Å². The number of carbonyl (C=O) groups is 3. The van der Waals surface area contributed by atoms with Gasteiger partial charge in [-0.05, 0) is 28.1 Å². The number of ketones is 1. The molecule has 30 heavy (non-hydrogen) atoms. The highest BCUT2D eigenvalue weighted by Gasteiger charge is 2.36. The van der Waals surface area contributed by atoms with Gasteiger partial charge in [0.05, 0.1) is 22.2 Å². The molecule has 6 nitrogen and oxygen atoms in total. The second-order valence-electron chi connectivity index (χ2n) is 6.97. The summed E-state index contributed by atoms with van der Waals surface area (Å²) in [5.41, 5.74) is 2.12. The van der Waals surface area contributed by atoms with Crippen LogP contribution in [0, 0.1) is 5.92 Å². The molecule has 8 heteroatoms. The lowest BCUT2D eigenvalue weighted by molar-refractivity contribution is -0.122. The lowest BCUT2D eigenvalue weighted by Crippen LogP contribution is -2.28. The first kappa shape index (κ1) is 20.4. The van der Waals surface area contributed by atoms with Crippen LogP contribution in [0.5, 0.6) is 0 Å². The van der Waals surface area contributed by atoms with E-state index in [1.165, 1.54) is 6.92 Å². The number of nitrogens with one attached hydrogen (secondary N) is 1. The third-order valence-electron chi connectivity index (χ3n) is 4.86. The van der Waals surface area contributed by atoms with Crippen molar-refractivity contribution >= 4 is 55.7 Å². The van der Waals surface area contributed by atoms with Crippen LogP contribution in [0.1, 0.15) is 23.0 Å². The van der Waals surface area contributed by atoms with E-state index in [0.29, 0.717) is 22.2 Å². The number of thiazole rings is 1. The fourth-order valence-electron chi connectivity index (χ4n) is 3.40. The zero-order valence-electron chi connectivity index (χ0n) is 16.1. The van der Waals surface area contributed by atoms with Crippen molar-refractivity contribution in [2.75, 3.05) is 16.8 Å². The first-order chi connectivity index (χ1) is 14.4. The third-order valence-corrected chi connectivity index (χ3v) is 6.61. The molecule has 1 N–H and O–H groups in total. The highest BCUT2D eigenvalue weighted by molar-refractivity contribution is 9.10. The molecule has 1 aromatic heterocycles. The fraction of sp³-hybridized carbons (Fsp3) is 0.182. The van der Waals surface area contributed by atoms with Crippen LogP contribution in [-0.4, -0.2) is 29.1 Å². The highest BCUT2D eigenvalue weighted by atomic mass is 79.9. The Bertz CT molecular complexity index is 1130. The lowest BCUT2D eigenvalue weighted by atomic mass is 10.1. The maximum Gasteiger partial charge on any atom is 0.231 e. The fourth-order valence-corrected chi connectivity index (χ4v) is 4.78. The second kappa shape index (κ2) is 8.49. The predicted octanol–water partition coefficient (Wildman–Crippen LogP) is 4.77. The standard InChI is InChI=1S/C22H18BrN3O3S/c1-13(27)20-19(14-7-3-2-4-8-14)24-22(30-20)25-21(29)15-11-18(28)26(12-15)17-10-6-5-9-16(17)23/h2-10,15H,11-12H2,1H3,(H,24,25,29). The van der Waals surface area contributed by atoms with E-state index in [2.05, 4.69) is 26.2 Å². The molecule has 4 rings (SSSR count). The SMILES string of the molecule is CC(=O)c1sc(NC(=O)C2CC(=O)N(c3ccccc3Br)C2)nc1-c1ccccc1. The monoisotopic (exact) mass is 483 g/mol. The van der Waals surface area contributed by atoms with E-state index in [0.717, 1.165) is 27.1 Å². The van der Waals surface area contributed by atoms with Crippen molar-refractivity contribution in [2.45, 2.75) is 13.3 Å². The molecule has 2 amide bonds. The number of halogens is 1. The molecule has 0 radical (unpaired) electrons. The Morgan fingerprint density at radius 1 is 1.13 bits per heavy atom. The molecule has 2 aromatic carbocycles. The van der Waals surface area contributed by atoms with E-state index in [1.807, 2.05) is 54.6 Å². The van der Waals surface area contributed by atoms with Crippen LogP contribution in [0.4, 0.5) is 10.8 Å². The minimum atomic E-state index is -0.491. The van der Waals surface area contributed by atoms with E-state index < -0.39 is 5.92 Å². The highest BCUT2D eigenvalue weighted by Crippen LogP contribution is 2.34. The number of hydrogen-bond acceptors (Lipinski definition) is 5. The van der Waals surface area contributed by atoms with Gasteiger partial charge in [0.2, 0.25) is 11.8 Å². The summed E-state index contributed by atoms with van der Waals surface area (Å²) < 4.78 is 0.804. The Morgan fingerprint density at radius 2 is 1.83 bits per heavy atom. The van der Waals surface area contributed by atoms with Gasteiger partial charge in [0.1, 0.15) is 0 Å². The number of para-hydroxylation sites is 1. The molecular formula is C22H18BrN3O3S. The number of hydrogen-bond donors (Lipinski definition) is 1. The molecule has 1 fully saturated rings. The van der Waals surface area contributed by atoms with Crippen LogP contribution >= 0.6 is 27.3 Å². The Labute approximate surface area is 186 Å². The predicted molar refractivity (Wildman–Crippen MR) is 121 cm³/mol. The van der Waals surface area contributed by atoms with Gasteiger partial charge in [-0.15, -0.1) is 0 Å². The van der Waals surface area contributed by atoms with Gasteiger partial charge in [-0.2, -0.15) is 0 Å². The number of aromatic nitrogens is 1. The van der Waals surface area contributed by atoms with Crippen LogP contribution in [-0.2, 0) is 9.59 Å². The maximum atomic E-state index is 12.8. The summed E-state index contributed by atoms with van der Waals surface area (Å²) in [6, 6.07) is 16.8. The molecule has 1 saturated heterocycles. The quantitative estimate of drug-likeness (QED) is 0.530. The van der Waals surface area contributed by atoms with Gasteiger partial charge in [0.15, 0.2) is 10.9 Å². The molecule has 0 aliphatic carbocycles. The molecular weight excluding hydrogens is 466 g/mol. The molecule has 1 aliphatic rings. The average molecular weight is 484 g/mol. The molecule has 0 spiro atoms. The summed E-state index contributed by atoms with van der Waals surface area (Å²) in [5, 5.41) is 3.16. The number of carbonyl (C=O) groups excluding carboxylic acids is 3. The van der Waals surface area contributed by atoms with Crippen LogP contribution in [0.15, 0.2) is 59.1 Å². The van der Waals surface area contributed by atoms with Gasteiger partial charge >= 0.3 is 0 Å². The van der Waals surface area contributed by atoms with Crippen molar-refractivity contribution in [3.05, 3.63) is 63.9 Å². The average Bonchev–Trinajstić information content (AvgIpc) is 3.33. The first-order valence-electron chi connectivity index (χ1n) is 9.37. The zero-order chi connectivity index (χ0) is 21.3. The van der Waals surface area contributed by atoms with Crippen LogP contribution in [0.3, 0.4) is 0 Å². The Hall–Kier alpha value is -2.84. The van der Waals surface area contributed by atoms with E-state index in [-0.39, 0.29) is 24.0 Å². The molecule has 0 saturated carbocycles. The number of nitrogens with zero attached hydrogens (tertiary/aromatic N) is 2. The molecule has 2 heterocycles. The van der Waals surface area contributed by atoms with Gasteiger partial charge in [-0.1, -0.05) is 53.8 Å². The number of rotatable bonds is 5. The topological polar surface area (TPSA) is 79.4 Å². The minimum Gasteiger partial charge on any atom is -0.310 e. The maximum absolute atomic E-state index is 12.8. The van der Waals surface area contributed by atoms with Crippen molar-refractivity contribution in [1.29, 1.82) is 0 Å². The van der Waals surface area contributed by atoms with E-state index >= 15 is 0 Å². The van der Waals surface area contributed by atoms with Gasteiger partial charge in [-0.3, -0.25) is 14.4 Å². The van der Waals surface area contributed by atoms with Gasteiger partial charge < -0.3 is 10.2 Å². The van der Waals surface area contributed by atoms with E-state index in [1.54, 1.807) is 4.90 Å².